The van der Waals surface area contributed by atoms with E-state index in [0.717, 1.165) is 12.1 Å². The molecular formula is C13H10F2O4. The predicted molar refractivity (Wildman–Crippen MR) is 61.1 cm³/mol. The molecule has 100 valence electrons. The van der Waals surface area contributed by atoms with Crippen molar-refractivity contribution < 1.29 is 27.8 Å². The van der Waals surface area contributed by atoms with Gasteiger partial charge in [0.15, 0.2) is 11.6 Å². The van der Waals surface area contributed by atoms with Crippen LogP contribution in [-0.2, 0) is 6.61 Å². The highest BCUT2D eigenvalue weighted by Gasteiger charge is 2.15. The van der Waals surface area contributed by atoms with Gasteiger partial charge in [-0.25, -0.2) is 13.6 Å². The topological polar surface area (TPSA) is 59.7 Å². The summed E-state index contributed by atoms with van der Waals surface area (Å²) in [5.41, 5.74) is 0.450. The van der Waals surface area contributed by atoms with Gasteiger partial charge in [0.05, 0.1) is 0 Å². The summed E-state index contributed by atoms with van der Waals surface area (Å²) in [6.45, 7) is 1.44. The fourth-order valence-corrected chi connectivity index (χ4v) is 1.57. The average molecular weight is 268 g/mol. The zero-order valence-corrected chi connectivity index (χ0v) is 9.94. The summed E-state index contributed by atoms with van der Waals surface area (Å²) in [5, 5.41) is 8.80. The lowest BCUT2D eigenvalue weighted by Crippen LogP contribution is -1.97. The molecule has 1 aromatic carbocycles. The summed E-state index contributed by atoms with van der Waals surface area (Å²) >= 11 is 0. The normalized spacial score (nSPS) is 10.5. The third-order valence-electron chi connectivity index (χ3n) is 2.43. The number of halogens is 2. The minimum atomic E-state index is -1.18. The van der Waals surface area contributed by atoms with Crippen LogP contribution in [0.1, 0.15) is 21.9 Å². The number of hydrogen-bond acceptors (Lipinski definition) is 3. The van der Waals surface area contributed by atoms with Gasteiger partial charge in [0.25, 0.3) is 0 Å². The highest BCUT2D eigenvalue weighted by molar-refractivity contribution is 5.86. The van der Waals surface area contributed by atoms with Crippen LogP contribution in [0.5, 0.6) is 5.75 Å². The van der Waals surface area contributed by atoms with E-state index in [4.69, 9.17) is 14.3 Å². The second-order valence-electron chi connectivity index (χ2n) is 3.89. The van der Waals surface area contributed by atoms with Crippen LogP contribution in [0.25, 0.3) is 0 Å². The number of aryl methyl sites for hydroxylation is 1. The summed E-state index contributed by atoms with van der Waals surface area (Å²) in [6.07, 6.45) is 0. The Morgan fingerprint density at radius 2 is 2.11 bits per heavy atom. The molecule has 1 heterocycles. The van der Waals surface area contributed by atoms with Gasteiger partial charge in [0.2, 0.25) is 5.76 Å². The fourth-order valence-electron chi connectivity index (χ4n) is 1.57. The van der Waals surface area contributed by atoms with Gasteiger partial charge in [0, 0.05) is 11.6 Å². The van der Waals surface area contributed by atoms with Crippen LogP contribution >= 0.6 is 0 Å². The van der Waals surface area contributed by atoms with E-state index in [2.05, 4.69) is 0 Å². The predicted octanol–water partition coefficient (Wildman–Crippen LogP) is 3.14. The van der Waals surface area contributed by atoms with Gasteiger partial charge in [-0.15, -0.1) is 0 Å². The molecular weight excluding hydrogens is 258 g/mol. The number of carboxylic acid groups (broad SMARTS) is 1. The highest BCUT2D eigenvalue weighted by Crippen LogP contribution is 2.21. The Labute approximate surface area is 107 Å². The van der Waals surface area contributed by atoms with Crippen LogP contribution in [-0.4, -0.2) is 11.1 Å². The Morgan fingerprint density at radius 3 is 2.68 bits per heavy atom. The van der Waals surface area contributed by atoms with Crippen LogP contribution in [0, 0.1) is 18.6 Å². The lowest BCUT2D eigenvalue weighted by atomic mass is 10.2. The van der Waals surface area contributed by atoms with Crippen molar-refractivity contribution in [3.05, 3.63) is 53.0 Å². The third-order valence-corrected chi connectivity index (χ3v) is 2.43. The Hall–Kier alpha value is -2.37. The molecule has 0 saturated carbocycles. The van der Waals surface area contributed by atoms with E-state index in [-0.39, 0.29) is 23.9 Å². The molecule has 1 N–H and O–H groups in total. The van der Waals surface area contributed by atoms with Gasteiger partial charge >= 0.3 is 5.97 Å². The quantitative estimate of drug-likeness (QED) is 0.925. The van der Waals surface area contributed by atoms with E-state index in [1.165, 1.54) is 6.07 Å². The standard InChI is InChI=1S/C13H10F2O4/c1-7-4-9(19-12(7)13(16)17)6-18-11-3-2-8(14)5-10(11)15/h2-5H,6H2,1H3,(H,16,17). The molecule has 6 heteroatoms. The van der Waals surface area contributed by atoms with Gasteiger partial charge < -0.3 is 14.3 Å². The largest absolute Gasteiger partial charge is 0.483 e. The Kier molecular flexibility index (Phi) is 3.50. The maximum absolute atomic E-state index is 13.3. The number of benzene rings is 1. The van der Waals surface area contributed by atoms with Gasteiger partial charge in [-0.1, -0.05) is 0 Å². The first-order chi connectivity index (χ1) is 8.97. The number of carboxylic acids is 1. The molecule has 0 aliphatic rings. The fraction of sp³-hybridized carbons (Fsp3) is 0.154. The van der Waals surface area contributed by atoms with Gasteiger partial charge in [-0.2, -0.15) is 0 Å². The molecule has 0 amide bonds. The lowest BCUT2D eigenvalue weighted by Gasteiger charge is -2.04. The molecule has 0 bridgehead atoms. The highest BCUT2D eigenvalue weighted by atomic mass is 19.1. The van der Waals surface area contributed by atoms with Gasteiger partial charge in [0.1, 0.15) is 18.2 Å². The Morgan fingerprint density at radius 1 is 1.37 bits per heavy atom. The van der Waals surface area contributed by atoms with E-state index in [9.17, 15) is 13.6 Å². The number of furan rings is 1. The second-order valence-corrected chi connectivity index (χ2v) is 3.89. The smallest absolute Gasteiger partial charge is 0.372 e. The number of hydrogen-bond donors (Lipinski definition) is 1. The van der Waals surface area contributed by atoms with Crippen LogP contribution < -0.4 is 4.74 Å². The molecule has 0 radical (unpaired) electrons. The molecule has 2 aromatic rings. The van der Waals surface area contributed by atoms with Crippen LogP contribution in [0.4, 0.5) is 8.78 Å². The monoisotopic (exact) mass is 268 g/mol. The Bertz CT molecular complexity index is 619. The van der Waals surface area contributed by atoms with Gasteiger partial charge in [-0.3, -0.25) is 0 Å². The molecule has 4 nitrogen and oxygen atoms in total. The van der Waals surface area contributed by atoms with Crippen molar-refractivity contribution in [2.75, 3.05) is 0 Å². The van der Waals surface area contributed by atoms with Crippen LogP contribution in [0.3, 0.4) is 0 Å². The summed E-state index contributed by atoms with van der Waals surface area (Å²) in [5.74, 6) is -2.78. The number of rotatable bonds is 4. The molecule has 0 fully saturated rings. The van der Waals surface area contributed by atoms with Crippen molar-refractivity contribution in [1.29, 1.82) is 0 Å². The van der Waals surface area contributed by atoms with Crippen molar-refractivity contribution in [1.82, 2.24) is 0 Å². The van der Waals surface area contributed by atoms with E-state index in [0.29, 0.717) is 11.6 Å². The van der Waals surface area contributed by atoms with Gasteiger partial charge in [-0.05, 0) is 25.1 Å². The molecule has 1 aromatic heterocycles. The summed E-state index contributed by atoms with van der Waals surface area (Å²) in [7, 11) is 0. The minimum Gasteiger partial charge on any atom is -0.483 e. The lowest BCUT2D eigenvalue weighted by molar-refractivity contribution is 0.0657. The number of aromatic carboxylic acids is 1. The maximum atomic E-state index is 13.3. The van der Waals surface area contributed by atoms with Crippen molar-refractivity contribution in [3.8, 4) is 5.75 Å². The van der Waals surface area contributed by atoms with E-state index >= 15 is 0 Å². The summed E-state index contributed by atoms with van der Waals surface area (Å²) < 4.78 is 36.1. The first-order valence-corrected chi connectivity index (χ1v) is 5.38. The molecule has 19 heavy (non-hydrogen) atoms. The molecule has 2 rings (SSSR count). The summed E-state index contributed by atoms with van der Waals surface area (Å²) in [6, 6.07) is 4.41. The SMILES string of the molecule is Cc1cc(COc2ccc(F)cc2F)oc1C(=O)O. The minimum absolute atomic E-state index is 0.132. The van der Waals surface area contributed by atoms with Crippen LogP contribution in [0.15, 0.2) is 28.7 Å². The first kappa shape index (κ1) is 13.1. The van der Waals surface area contributed by atoms with Crippen molar-refractivity contribution in [2.24, 2.45) is 0 Å². The molecule has 0 saturated heterocycles. The van der Waals surface area contributed by atoms with Crippen molar-refractivity contribution >= 4 is 5.97 Å². The Balaban J connectivity index is 2.10. The van der Waals surface area contributed by atoms with E-state index in [1.807, 2.05) is 0 Å². The second kappa shape index (κ2) is 5.09. The van der Waals surface area contributed by atoms with Crippen LogP contribution in [0.2, 0.25) is 0 Å². The van der Waals surface area contributed by atoms with Crippen molar-refractivity contribution in [2.45, 2.75) is 13.5 Å². The molecule has 0 atom stereocenters. The van der Waals surface area contributed by atoms with E-state index < -0.39 is 17.6 Å². The zero-order chi connectivity index (χ0) is 14.0. The van der Waals surface area contributed by atoms with E-state index in [1.54, 1.807) is 6.92 Å². The molecule has 0 aliphatic heterocycles. The first-order valence-electron chi connectivity index (χ1n) is 5.38. The molecule has 0 aliphatic carbocycles. The third kappa shape index (κ3) is 2.90. The maximum Gasteiger partial charge on any atom is 0.372 e. The molecule has 0 spiro atoms. The summed E-state index contributed by atoms with van der Waals surface area (Å²) in [4.78, 5) is 10.8. The zero-order valence-electron chi connectivity index (χ0n) is 9.94. The average Bonchev–Trinajstić information content (AvgIpc) is 2.69. The number of carbonyl (C=O) groups is 1. The number of ether oxygens (including phenoxy) is 1. The van der Waals surface area contributed by atoms with Crippen molar-refractivity contribution in [3.63, 3.8) is 0 Å². The molecule has 0 unspecified atom stereocenters.